The molecule has 2 fully saturated rings. The van der Waals surface area contributed by atoms with Crippen molar-refractivity contribution in [2.24, 2.45) is 10.9 Å². The van der Waals surface area contributed by atoms with Crippen LogP contribution < -0.4 is 10.2 Å². The van der Waals surface area contributed by atoms with Crippen molar-refractivity contribution in [3.63, 3.8) is 0 Å². The summed E-state index contributed by atoms with van der Waals surface area (Å²) in [5, 5.41) is 3.49. The molecular weight excluding hydrogens is 471 g/mol. The van der Waals surface area contributed by atoms with Crippen LogP contribution in [0.4, 0.5) is 5.69 Å². The molecule has 2 saturated heterocycles. The molecule has 0 unspecified atom stereocenters. The van der Waals surface area contributed by atoms with Crippen LogP contribution in [-0.2, 0) is 20.8 Å². The zero-order valence-corrected chi connectivity index (χ0v) is 19.1. The monoisotopic (exact) mass is 502 g/mol. The Bertz CT molecular complexity index is 657. The summed E-state index contributed by atoms with van der Waals surface area (Å²) in [6, 6.07) is 8.49. The SMILES string of the molecule is CN=C(NCc1ccccc1N1CCOCC1)N1CCC(C(=O)OC)CC1.I. The Hall–Kier alpha value is -1.55. The number of para-hydroxylation sites is 1. The molecule has 2 aliphatic heterocycles. The number of halogens is 1. The highest BCUT2D eigenvalue weighted by Gasteiger charge is 2.27. The summed E-state index contributed by atoms with van der Waals surface area (Å²) in [6.07, 6.45) is 1.61. The molecule has 1 aromatic rings. The molecule has 7 nitrogen and oxygen atoms in total. The maximum Gasteiger partial charge on any atom is 0.308 e. The number of guanidine groups is 1. The Morgan fingerprint density at radius 1 is 1.21 bits per heavy atom. The molecule has 1 aromatic carbocycles. The van der Waals surface area contributed by atoms with Gasteiger partial charge >= 0.3 is 5.97 Å². The van der Waals surface area contributed by atoms with Gasteiger partial charge in [-0.25, -0.2) is 0 Å². The smallest absolute Gasteiger partial charge is 0.308 e. The normalized spacial score (nSPS) is 18.4. The molecule has 156 valence electrons. The second-order valence-corrected chi connectivity index (χ2v) is 6.91. The van der Waals surface area contributed by atoms with E-state index in [2.05, 4.69) is 44.4 Å². The number of likely N-dealkylation sites (tertiary alicyclic amines) is 1. The number of hydrogen-bond donors (Lipinski definition) is 1. The number of ether oxygens (including phenoxy) is 2. The van der Waals surface area contributed by atoms with Gasteiger partial charge in [-0.2, -0.15) is 0 Å². The molecule has 28 heavy (non-hydrogen) atoms. The average Bonchev–Trinajstić information content (AvgIpc) is 2.75. The lowest BCUT2D eigenvalue weighted by molar-refractivity contribution is -0.146. The Morgan fingerprint density at radius 3 is 2.54 bits per heavy atom. The van der Waals surface area contributed by atoms with Crippen LogP contribution in [-0.4, -0.2) is 70.4 Å². The molecular formula is C20H31IN4O3. The highest BCUT2D eigenvalue weighted by molar-refractivity contribution is 14.0. The molecule has 1 N–H and O–H groups in total. The first-order valence-corrected chi connectivity index (χ1v) is 9.67. The van der Waals surface area contributed by atoms with E-state index in [9.17, 15) is 4.79 Å². The van der Waals surface area contributed by atoms with Crippen molar-refractivity contribution in [2.45, 2.75) is 19.4 Å². The highest BCUT2D eigenvalue weighted by atomic mass is 127. The third kappa shape index (κ3) is 5.73. The number of nitrogens with one attached hydrogen (secondary N) is 1. The highest BCUT2D eigenvalue weighted by Crippen LogP contribution is 2.22. The first-order chi connectivity index (χ1) is 13.2. The molecule has 0 atom stereocenters. The van der Waals surface area contributed by atoms with Gasteiger partial charge in [-0.3, -0.25) is 9.79 Å². The molecule has 2 heterocycles. The van der Waals surface area contributed by atoms with E-state index < -0.39 is 0 Å². The molecule has 8 heteroatoms. The second kappa shape index (κ2) is 11.5. The molecule has 0 spiro atoms. The van der Waals surface area contributed by atoms with Gasteiger partial charge in [0, 0.05) is 45.5 Å². The maximum atomic E-state index is 11.7. The van der Waals surface area contributed by atoms with E-state index in [1.807, 2.05) is 7.05 Å². The minimum Gasteiger partial charge on any atom is -0.469 e. The maximum absolute atomic E-state index is 11.7. The van der Waals surface area contributed by atoms with Crippen LogP contribution in [0.15, 0.2) is 29.3 Å². The fourth-order valence-corrected chi connectivity index (χ4v) is 3.77. The number of aliphatic imine (C=N–C) groups is 1. The molecule has 0 bridgehead atoms. The van der Waals surface area contributed by atoms with Gasteiger partial charge in [-0.05, 0) is 24.5 Å². The van der Waals surface area contributed by atoms with Gasteiger partial charge < -0.3 is 24.6 Å². The number of piperidine rings is 1. The standard InChI is InChI=1S/C20H30N4O3.HI/c1-21-20(24-9-7-16(8-10-24)19(25)26-2)22-15-17-5-3-4-6-18(17)23-11-13-27-14-12-23;/h3-6,16H,7-15H2,1-2H3,(H,21,22);1H. The molecule has 0 radical (unpaired) electrons. The van der Waals surface area contributed by atoms with E-state index in [0.29, 0.717) is 0 Å². The lowest BCUT2D eigenvalue weighted by Crippen LogP contribution is -2.46. The Kier molecular flexibility index (Phi) is 9.30. The lowest BCUT2D eigenvalue weighted by atomic mass is 9.97. The molecule has 0 amide bonds. The molecule has 0 aromatic heterocycles. The number of morpholine rings is 1. The van der Waals surface area contributed by atoms with Gasteiger partial charge in [0.2, 0.25) is 0 Å². The third-order valence-corrected chi connectivity index (χ3v) is 5.32. The van der Waals surface area contributed by atoms with Gasteiger partial charge in [0.1, 0.15) is 0 Å². The van der Waals surface area contributed by atoms with Crippen LogP contribution in [0.1, 0.15) is 18.4 Å². The Labute approximate surface area is 184 Å². The van der Waals surface area contributed by atoms with Crippen LogP contribution in [0.2, 0.25) is 0 Å². The number of benzene rings is 1. The van der Waals surface area contributed by atoms with Crippen molar-refractivity contribution >= 4 is 41.6 Å². The van der Waals surface area contributed by atoms with Crippen LogP contribution >= 0.6 is 24.0 Å². The lowest BCUT2D eigenvalue weighted by Gasteiger charge is -2.34. The number of carbonyl (C=O) groups is 1. The van der Waals surface area contributed by atoms with E-state index in [0.717, 1.165) is 64.7 Å². The van der Waals surface area contributed by atoms with Crippen LogP contribution in [0.25, 0.3) is 0 Å². The largest absolute Gasteiger partial charge is 0.469 e. The quantitative estimate of drug-likeness (QED) is 0.295. The molecule has 0 aliphatic carbocycles. The third-order valence-electron chi connectivity index (χ3n) is 5.32. The summed E-state index contributed by atoms with van der Waals surface area (Å²) in [6.45, 7) is 5.74. The molecule has 2 aliphatic rings. The zero-order valence-electron chi connectivity index (χ0n) is 16.7. The number of hydrogen-bond acceptors (Lipinski definition) is 5. The van der Waals surface area contributed by atoms with Gasteiger partial charge in [0.25, 0.3) is 0 Å². The van der Waals surface area contributed by atoms with Crippen LogP contribution in [0, 0.1) is 5.92 Å². The van der Waals surface area contributed by atoms with Crippen molar-refractivity contribution in [1.82, 2.24) is 10.2 Å². The summed E-state index contributed by atoms with van der Waals surface area (Å²) in [5.41, 5.74) is 2.51. The van der Waals surface area contributed by atoms with Crippen LogP contribution in [0.3, 0.4) is 0 Å². The summed E-state index contributed by atoms with van der Waals surface area (Å²) >= 11 is 0. The zero-order chi connectivity index (χ0) is 19.1. The van der Waals surface area contributed by atoms with Crippen molar-refractivity contribution in [2.75, 3.05) is 58.5 Å². The number of nitrogens with zero attached hydrogens (tertiary/aromatic N) is 3. The minimum absolute atomic E-state index is 0. The van der Waals surface area contributed by atoms with E-state index >= 15 is 0 Å². The van der Waals surface area contributed by atoms with Crippen molar-refractivity contribution in [3.05, 3.63) is 29.8 Å². The first kappa shape index (κ1) is 22.7. The number of carbonyl (C=O) groups excluding carboxylic acids is 1. The fraction of sp³-hybridized carbons (Fsp3) is 0.600. The van der Waals surface area contributed by atoms with E-state index in [-0.39, 0.29) is 35.9 Å². The van der Waals surface area contributed by atoms with Crippen molar-refractivity contribution in [3.8, 4) is 0 Å². The average molecular weight is 502 g/mol. The van der Waals surface area contributed by atoms with Gasteiger partial charge in [-0.1, -0.05) is 18.2 Å². The first-order valence-electron chi connectivity index (χ1n) is 9.67. The summed E-state index contributed by atoms with van der Waals surface area (Å²) in [7, 11) is 3.27. The Balaban J connectivity index is 0.00000280. The van der Waals surface area contributed by atoms with Gasteiger partial charge in [0.05, 0.1) is 26.2 Å². The number of rotatable bonds is 4. The van der Waals surface area contributed by atoms with Crippen molar-refractivity contribution in [1.29, 1.82) is 0 Å². The summed E-state index contributed by atoms with van der Waals surface area (Å²) < 4.78 is 10.3. The van der Waals surface area contributed by atoms with E-state index in [1.165, 1.54) is 18.4 Å². The summed E-state index contributed by atoms with van der Waals surface area (Å²) in [5.74, 6) is 0.790. The predicted octanol–water partition coefficient (Wildman–Crippen LogP) is 2.10. The Morgan fingerprint density at radius 2 is 1.89 bits per heavy atom. The van der Waals surface area contributed by atoms with E-state index in [4.69, 9.17) is 9.47 Å². The van der Waals surface area contributed by atoms with Gasteiger partial charge in [0.15, 0.2) is 5.96 Å². The number of esters is 1. The van der Waals surface area contributed by atoms with Crippen molar-refractivity contribution < 1.29 is 14.3 Å². The summed E-state index contributed by atoms with van der Waals surface area (Å²) in [4.78, 5) is 20.8. The number of methoxy groups -OCH3 is 1. The molecule has 0 saturated carbocycles. The fourth-order valence-electron chi connectivity index (χ4n) is 3.77. The number of anilines is 1. The molecule has 3 rings (SSSR count). The van der Waals surface area contributed by atoms with Crippen LogP contribution in [0.5, 0.6) is 0 Å². The predicted molar refractivity (Wildman–Crippen MR) is 121 cm³/mol. The van der Waals surface area contributed by atoms with Gasteiger partial charge in [-0.15, -0.1) is 24.0 Å². The van der Waals surface area contributed by atoms with E-state index in [1.54, 1.807) is 0 Å². The topological polar surface area (TPSA) is 66.4 Å². The minimum atomic E-state index is -0.1000. The second-order valence-electron chi connectivity index (χ2n) is 6.91.